The van der Waals surface area contributed by atoms with E-state index in [-0.39, 0.29) is 5.97 Å². The second-order valence-electron chi connectivity index (χ2n) is 4.15. The van der Waals surface area contributed by atoms with Gasteiger partial charge in [0.05, 0.1) is 31.4 Å². The largest absolute Gasteiger partial charge is 0.466 e. The van der Waals surface area contributed by atoms with E-state index in [1.165, 1.54) is 0 Å². The summed E-state index contributed by atoms with van der Waals surface area (Å²) in [5.74, 6) is -0.163. The van der Waals surface area contributed by atoms with Crippen molar-refractivity contribution in [3.05, 3.63) is 11.1 Å². The van der Waals surface area contributed by atoms with Crippen LogP contribution in [0.25, 0.3) is 0 Å². The molecule has 6 heteroatoms. The zero-order chi connectivity index (χ0) is 12.8. The average molecular weight is 270 g/mol. The number of thiazole rings is 1. The maximum Gasteiger partial charge on any atom is 0.306 e. The number of ether oxygens (including phenoxy) is 2. The molecule has 1 atom stereocenters. The van der Waals surface area contributed by atoms with Crippen LogP contribution < -0.4 is 5.32 Å². The number of hydrogen-bond donors (Lipinski definition) is 1. The average Bonchev–Trinajstić information content (AvgIpc) is 2.99. The van der Waals surface area contributed by atoms with E-state index in [9.17, 15) is 4.79 Å². The van der Waals surface area contributed by atoms with Gasteiger partial charge in [-0.3, -0.25) is 4.79 Å². The standard InChI is InChI=1S/C12H18N2O3S/c1-2-17-11(15)4-3-10-8-18-12(14-10)13-9-5-6-16-7-9/h8-9H,2-7H2,1H3,(H,13,14). The third-order valence-electron chi connectivity index (χ3n) is 2.70. The highest BCUT2D eigenvalue weighted by atomic mass is 32.1. The summed E-state index contributed by atoms with van der Waals surface area (Å²) in [5.41, 5.74) is 0.939. The first-order valence-corrected chi connectivity index (χ1v) is 7.10. The van der Waals surface area contributed by atoms with E-state index in [4.69, 9.17) is 9.47 Å². The lowest BCUT2D eigenvalue weighted by atomic mass is 10.2. The van der Waals surface area contributed by atoms with Gasteiger partial charge in [0.2, 0.25) is 0 Å². The van der Waals surface area contributed by atoms with Crippen LogP contribution in [-0.4, -0.2) is 36.8 Å². The van der Waals surface area contributed by atoms with Crippen molar-refractivity contribution in [1.29, 1.82) is 0 Å². The van der Waals surface area contributed by atoms with E-state index >= 15 is 0 Å². The predicted molar refractivity (Wildman–Crippen MR) is 69.9 cm³/mol. The van der Waals surface area contributed by atoms with Crippen LogP contribution in [0.2, 0.25) is 0 Å². The summed E-state index contributed by atoms with van der Waals surface area (Å²) in [6.45, 7) is 3.81. The summed E-state index contributed by atoms with van der Waals surface area (Å²) >= 11 is 1.57. The fourth-order valence-corrected chi connectivity index (χ4v) is 2.60. The van der Waals surface area contributed by atoms with Gasteiger partial charge in [0.15, 0.2) is 5.13 Å². The molecule has 0 radical (unpaired) electrons. The van der Waals surface area contributed by atoms with Crippen molar-refractivity contribution in [2.24, 2.45) is 0 Å². The van der Waals surface area contributed by atoms with Gasteiger partial charge in [0.25, 0.3) is 0 Å². The van der Waals surface area contributed by atoms with Crippen LogP contribution in [0.3, 0.4) is 0 Å². The third-order valence-corrected chi connectivity index (χ3v) is 3.52. The Labute approximate surface area is 111 Å². The summed E-state index contributed by atoms with van der Waals surface area (Å²) in [6.07, 6.45) is 2.06. The number of nitrogens with one attached hydrogen (secondary N) is 1. The van der Waals surface area contributed by atoms with Crippen LogP contribution in [0.4, 0.5) is 5.13 Å². The first kappa shape index (κ1) is 13.3. The molecule has 0 bridgehead atoms. The Hall–Kier alpha value is -1.14. The van der Waals surface area contributed by atoms with Crippen LogP contribution in [0.1, 0.15) is 25.5 Å². The summed E-state index contributed by atoms with van der Waals surface area (Å²) in [4.78, 5) is 15.7. The summed E-state index contributed by atoms with van der Waals surface area (Å²) in [5, 5.41) is 6.23. The molecule has 5 nitrogen and oxygen atoms in total. The van der Waals surface area contributed by atoms with Crippen LogP contribution >= 0.6 is 11.3 Å². The third kappa shape index (κ3) is 3.96. The van der Waals surface area contributed by atoms with Gasteiger partial charge in [-0.1, -0.05) is 0 Å². The number of esters is 1. The van der Waals surface area contributed by atoms with Crippen molar-refractivity contribution in [1.82, 2.24) is 4.98 Å². The molecule has 1 saturated heterocycles. The SMILES string of the molecule is CCOC(=O)CCc1csc(NC2CCOC2)n1. The number of carbonyl (C=O) groups excluding carboxylic acids is 1. The molecule has 0 spiro atoms. The van der Waals surface area contributed by atoms with E-state index in [1.54, 1.807) is 11.3 Å². The second kappa shape index (κ2) is 6.70. The van der Waals surface area contributed by atoms with Crippen molar-refractivity contribution >= 4 is 22.4 Å². The molecule has 1 aliphatic heterocycles. The Bertz CT molecular complexity index is 388. The lowest BCUT2D eigenvalue weighted by molar-refractivity contribution is -0.143. The van der Waals surface area contributed by atoms with Crippen LogP contribution in [-0.2, 0) is 20.7 Å². The number of anilines is 1. The maximum absolute atomic E-state index is 11.2. The molecule has 1 aliphatic rings. The molecule has 2 rings (SSSR count). The van der Waals surface area contributed by atoms with Crippen molar-refractivity contribution in [3.63, 3.8) is 0 Å². The van der Waals surface area contributed by atoms with Gasteiger partial charge >= 0.3 is 5.97 Å². The molecule has 18 heavy (non-hydrogen) atoms. The minimum absolute atomic E-state index is 0.163. The summed E-state index contributed by atoms with van der Waals surface area (Å²) in [6, 6.07) is 0.369. The van der Waals surface area contributed by atoms with Gasteiger partial charge in [0, 0.05) is 18.4 Å². The highest BCUT2D eigenvalue weighted by molar-refractivity contribution is 7.13. The van der Waals surface area contributed by atoms with Gasteiger partial charge in [-0.25, -0.2) is 4.98 Å². The minimum Gasteiger partial charge on any atom is -0.466 e. The molecule has 100 valence electrons. The number of carbonyl (C=O) groups is 1. The smallest absolute Gasteiger partial charge is 0.306 e. The molecule has 1 aromatic heterocycles. The Morgan fingerprint density at radius 3 is 3.33 bits per heavy atom. The molecule has 0 amide bonds. The normalized spacial score (nSPS) is 18.8. The Morgan fingerprint density at radius 2 is 2.61 bits per heavy atom. The lowest BCUT2D eigenvalue weighted by Crippen LogP contribution is -2.18. The number of aromatic nitrogens is 1. The monoisotopic (exact) mass is 270 g/mol. The molecule has 1 fully saturated rings. The van der Waals surface area contributed by atoms with Gasteiger partial charge in [-0.2, -0.15) is 0 Å². The zero-order valence-corrected chi connectivity index (χ0v) is 11.3. The van der Waals surface area contributed by atoms with E-state index in [0.717, 1.165) is 30.5 Å². The van der Waals surface area contributed by atoms with Gasteiger partial charge in [-0.15, -0.1) is 11.3 Å². The van der Waals surface area contributed by atoms with Crippen LogP contribution in [0.15, 0.2) is 5.38 Å². The molecule has 1 unspecified atom stereocenters. The van der Waals surface area contributed by atoms with Crippen molar-refractivity contribution in [2.75, 3.05) is 25.1 Å². The van der Waals surface area contributed by atoms with E-state index in [1.807, 2.05) is 12.3 Å². The Kier molecular flexibility index (Phi) is 4.95. The van der Waals surface area contributed by atoms with Gasteiger partial charge < -0.3 is 14.8 Å². The highest BCUT2D eigenvalue weighted by Gasteiger charge is 2.16. The quantitative estimate of drug-likeness (QED) is 0.799. The highest BCUT2D eigenvalue weighted by Crippen LogP contribution is 2.19. The lowest BCUT2D eigenvalue weighted by Gasteiger charge is -2.07. The fraction of sp³-hybridized carbons (Fsp3) is 0.667. The number of nitrogens with zero attached hydrogens (tertiary/aromatic N) is 1. The van der Waals surface area contributed by atoms with Crippen molar-refractivity contribution in [2.45, 2.75) is 32.2 Å². The Morgan fingerprint density at radius 1 is 1.72 bits per heavy atom. The number of rotatable bonds is 6. The summed E-state index contributed by atoms with van der Waals surface area (Å²) in [7, 11) is 0. The minimum atomic E-state index is -0.163. The van der Waals surface area contributed by atoms with E-state index < -0.39 is 0 Å². The molecule has 0 aliphatic carbocycles. The first-order valence-electron chi connectivity index (χ1n) is 6.22. The molecule has 1 N–H and O–H groups in total. The molecule has 1 aromatic rings. The number of hydrogen-bond acceptors (Lipinski definition) is 6. The fourth-order valence-electron chi connectivity index (χ4n) is 1.77. The molecular weight excluding hydrogens is 252 g/mol. The maximum atomic E-state index is 11.2. The van der Waals surface area contributed by atoms with Crippen LogP contribution in [0.5, 0.6) is 0 Å². The molecular formula is C12H18N2O3S. The zero-order valence-electron chi connectivity index (χ0n) is 10.5. The first-order chi connectivity index (χ1) is 8.78. The number of aryl methyl sites for hydroxylation is 1. The topological polar surface area (TPSA) is 60.5 Å². The van der Waals surface area contributed by atoms with Crippen LogP contribution in [0, 0.1) is 0 Å². The predicted octanol–water partition coefficient (Wildman–Crippen LogP) is 1.84. The van der Waals surface area contributed by atoms with Gasteiger partial charge in [-0.05, 0) is 13.3 Å². The molecule has 2 heterocycles. The molecule has 0 aromatic carbocycles. The molecule has 0 saturated carbocycles. The van der Waals surface area contributed by atoms with Crippen molar-refractivity contribution < 1.29 is 14.3 Å². The van der Waals surface area contributed by atoms with Crippen molar-refractivity contribution in [3.8, 4) is 0 Å². The van der Waals surface area contributed by atoms with E-state index in [2.05, 4.69) is 10.3 Å². The second-order valence-corrected chi connectivity index (χ2v) is 5.01. The van der Waals surface area contributed by atoms with Gasteiger partial charge in [0.1, 0.15) is 0 Å². The summed E-state index contributed by atoms with van der Waals surface area (Å²) < 4.78 is 10.2. The Balaban J connectivity index is 1.76. The van der Waals surface area contributed by atoms with E-state index in [0.29, 0.717) is 25.5 Å².